The van der Waals surface area contributed by atoms with Crippen LogP contribution in [-0.4, -0.2) is 35.0 Å². The molecule has 0 radical (unpaired) electrons. The Bertz CT molecular complexity index is 1550. The van der Waals surface area contributed by atoms with Crippen LogP contribution in [0.5, 0.6) is 11.5 Å². The normalized spacial score (nSPS) is 16.9. The molecule has 1 aromatic heterocycles. The zero-order chi connectivity index (χ0) is 26.1. The molecule has 5 rings (SSSR count). The maximum atomic E-state index is 13.5. The summed E-state index contributed by atoms with van der Waals surface area (Å²) in [5.41, 5.74) is 1.72. The van der Waals surface area contributed by atoms with Crippen LogP contribution < -0.4 is 14.4 Å². The van der Waals surface area contributed by atoms with Gasteiger partial charge in [-0.15, -0.1) is 0 Å². The third kappa shape index (κ3) is 4.72. The number of aliphatic hydroxyl groups is 1. The van der Waals surface area contributed by atoms with Crippen LogP contribution in [0, 0.1) is 0 Å². The lowest BCUT2D eigenvalue weighted by molar-refractivity contribution is -0.132. The highest BCUT2D eigenvalue weighted by Crippen LogP contribution is 2.45. The molecule has 0 bridgehead atoms. The predicted molar refractivity (Wildman–Crippen MR) is 147 cm³/mol. The molecule has 0 aliphatic carbocycles. The van der Waals surface area contributed by atoms with Crippen molar-refractivity contribution in [1.82, 2.24) is 4.98 Å². The quantitative estimate of drug-likeness (QED) is 0.153. The molecule has 1 unspecified atom stereocenters. The molecule has 2 heterocycles. The molecule has 1 aliphatic heterocycles. The van der Waals surface area contributed by atoms with E-state index in [1.807, 2.05) is 56.3 Å². The van der Waals surface area contributed by atoms with E-state index in [1.165, 1.54) is 16.2 Å². The molecule has 7 nitrogen and oxygen atoms in total. The Balaban J connectivity index is 1.68. The van der Waals surface area contributed by atoms with Crippen LogP contribution >= 0.6 is 27.3 Å². The fraction of sp³-hybridized carbons (Fsp3) is 0.179. The molecule has 1 atom stereocenters. The third-order valence-electron chi connectivity index (χ3n) is 5.89. The van der Waals surface area contributed by atoms with E-state index in [4.69, 9.17) is 9.47 Å². The van der Waals surface area contributed by atoms with E-state index >= 15 is 0 Å². The smallest absolute Gasteiger partial charge is 0.301 e. The average Bonchev–Trinajstić information content (AvgIpc) is 3.42. The number of ketones is 1. The van der Waals surface area contributed by atoms with Gasteiger partial charge < -0.3 is 14.6 Å². The van der Waals surface area contributed by atoms with Crippen molar-refractivity contribution in [3.8, 4) is 11.5 Å². The summed E-state index contributed by atoms with van der Waals surface area (Å²) < 4.78 is 12.8. The number of nitrogens with zero attached hydrogens (tertiary/aromatic N) is 2. The van der Waals surface area contributed by atoms with E-state index in [0.717, 1.165) is 9.17 Å². The monoisotopic (exact) mass is 578 g/mol. The van der Waals surface area contributed by atoms with Crippen molar-refractivity contribution in [3.63, 3.8) is 0 Å². The van der Waals surface area contributed by atoms with Crippen molar-refractivity contribution in [1.29, 1.82) is 0 Å². The Morgan fingerprint density at radius 1 is 1.00 bits per heavy atom. The summed E-state index contributed by atoms with van der Waals surface area (Å²) in [5, 5.41) is 11.7. The van der Waals surface area contributed by atoms with Crippen molar-refractivity contribution in [2.24, 2.45) is 0 Å². The summed E-state index contributed by atoms with van der Waals surface area (Å²) in [6, 6.07) is 18.8. The van der Waals surface area contributed by atoms with Crippen molar-refractivity contribution in [2.45, 2.75) is 19.9 Å². The molecule has 37 heavy (non-hydrogen) atoms. The minimum Gasteiger partial charge on any atom is -0.507 e. The van der Waals surface area contributed by atoms with Gasteiger partial charge in [-0.25, -0.2) is 4.98 Å². The number of carbonyl (C=O) groups is 2. The van der Waals surface area contributed by atoms with Crippen molar-refractivity contribution < 1.29 is 24.2 Å². The standard InChI is InChI=1S/C28H23BrN2O5S/c1-3-35-19-10-6-8-17(14-19)25(32)23-24(16-7-5-9-18(29)13-16)31(27(34)26(23)33)28-30-21-12-11-20(36-4-2)15-22(21)37-28/h5-15,24,32H,3-4H2,1-2H3. The van der Waals surface area contributed by atoms with E-state index in [-0.39, 0.29) is 11.3 Å². The first-order valence-corrected chi connectivity index (χ1v) is 13.3. The first-order valence-electron chi connectivity index (χ1n) is 11.7. The third-order valence-corrected chi connectivity index (χ3v) is 7.40. The number of anilines is 1. The molecule has 9 heteroatoms. The molecule has 1 saturated heterocycles. The van der Waals surface area contributed by atoms with Crippen LogP contribution in [0.3, 0.4) is 0 Å². The van der Waals surface area contributed by atoms with Crippen LogP contribution in [0.25, 0.3) is 16.0 Å². The lowest BCUT2D eigenvalue weighted by Gasteiger charge is -2.23. The number of hydrogen-bond acceptors (Lipinski definition) is 7. The summed E-state index contributed by atoms with van der Waals surface area (Å²) in [5.74, 6) is -0.553. The zero-order valence-corrected chi connectivity index (χ0v) is 22.5. The Kier molecular flexibility index (Phi) is 6.99. The highest BCUT2D eigenvalue weighted by Gasteiger charge is 2.48. The Hall–Kier alpha value is -3.69. The fourth-order valence-corrected chi connectivity index (χ4v) is 5.77. The van der Waals surface area contributed by atoms with Crippen molar-refractivity contribution in [2.75, 3.05) is 18.1 Å². The number of carbonyl (C=O) groups excluding carboxylic acids is 2. The molecule has 0 spiro atoms. The maximum absolute atomic E-state index is 13.5. The predicted octanol–water partition coefficient (Wildman–Crippen LogP) is 6.48. The van der Waals surface area contributed by atoms with Crippen molar-refractivity contribution >= 4 is 60.1 Å². The second-order valence-corrected chi connectivity index (χ2v) is 10.2. The Morgan fingerprint density at radius 2 is 1.73 bits per heavy atom. The number of amides is 1. The average molecular weight is 579 g/mol. The van der Waals surface area contributed by atoms with E-state index in [0.29, 0.717) is 46.5 Å². The molecule has 1 aliphatic rings. The van der Waals surface area contributed by atoms with Crippen molar-refractivity contribution in [3.05, 3.63) is 87.9 Å². The number of ether oxygens (including phenoxy) is 2. The van der Waals surface area contributed by atoms with E-state index < -0.39 is 17.7 Å². The lowest BCUT2D eigenvalue weighted by Crippen LogP contribution is -2.29. The van der Waals surface area contributed by atoms with Gasteiger partial charge in [-0.05, 0) is 61.9 Å². The molecule has 0 saturated carbocycles. The molecule has 188 valence electrons. The number of thiazole rings is 1. The highest BCUT2D eigenvalue weighted by atomic mass is 79.9. The molecule has 1 amide bonds. The SMILES string of the molecule is CCOc1cccc(C(O)=C2C(=O)C(=O)N(c3nc4ccc(OCC)cc4s3)C2c2cccc(Br)c2)c1. The van der Waals surface area contributed by atoms with Gasteiger partial charge in [0.15, 0.2) is 5.13 Å². The van der Waals surface area contributed by atoms with E-state index in [1.54, 1.807) is 24.3 Å². The summed E-state index contributed by atoms with van der Waals surface area (Å²) in [7, 11) is 0. The van der Waals surface area contributed by atoms with E-state index in [9.17, 15) is 14.7 Å². The minimum atomic E-state index is -0.875. The maximum Gasteiger partial charge on any atom is 0.301 e. The molecule has 1 N–H and O–H groups in total. The summed E-state index contributed by atoms with van der Waals surface area (Å²) in [6.45, 7) is 4.75. The van der Waals surface area contributed by atoms with Gasteiger partial charge >= 0.3 is 5.91 Å². The van der Waals surface area contributed by atoms with Gasteiger partial charge in [0, 0.05) is 10.0 Å². The summed E-state index contributed by atoms with van der Waals surface area (Å²) >= 11 is 4.77. The highest BCUT2D eigenvalue weighted by molar-refractivity contribution is 9.10. The number of benzene rings is 3. The number of aromatic nitrogens is 1. The van der Waals surface area contributed by atoms with Crippen LogP contribution in [0.2, 0.25) is 0 Å². The van der Waals surface area contributed by atoms with Gasteiger partial charge in [-0.2, -0.15) is 0 Å². The topological polar surface area (TPSA) is 89.0 Å². The summed E-state index contributed by atoms with van der Waals surface area (Å²) in [6.07, 6.45) is 0. The van der Waals surface area contributed by atoms with Gasteiger partial charge in [0.05, 0.1) is 35.0 Å². The number of halogens is 1. The minimum absolute atomic E-state index is 0.00832. The zero-order valence-electron chi connectivity index (χ0n) is 20.1. The number of aliphatic hydroxyl groups excluding tert-OH is 1. The van der Waals surface area contributed by atoms with Gasteiger partial charge in [-0.3, -0.25) is 14.5 Å². The van der Waals surface area contributed by atoms with Gasteiger partial charge in [0.2, 0.25) is 0 Å². The molecular formula is C28H23BrN2O5S. The molecule has 4 aromatic rings. The fourth-order valence-electron chi connectivity index (χ4n) is 4.33. The van der Waals surface area contributed by atoms with Gasteiger partial charge in [0.1, 0.15) is 17.3 Å². The van der Waals surface area contributed by atoms with Gasteiger partial charge in [-0.1, -0.05) is 51.5 Å². The summed E-state index contributed by atoms with van der Waals surface area (Å²) in [4.78, 5) is 32.9. The number of hydrogen-bond donors (Lipinski definition) is 1. The Morgan fingerprint density at radius 3 is 2.46 bits per heavy atom. The number of Topliss-reactive ketones (excluding diaryl/α,β-unsaturated/α-hetero) is 1. The van der Waals surface area contributed by atoms with Crippen LogP contribution in [0.1, 0.15) is 31.0 Å². The number of fused-ring (bicyclic) bond motifs is 1. The number of rotatable bonds is 7. The van der Waals surface area contributed by atoms with Crippen LogP contribution in [0.15, 0.2) is 76.8 Å². The largest absolute Gasteiger partial charge is 0.507 e. The second kappa shape index (κ2) is 10.4. The molecular weight excluding hydrogens is 556 g/mol. The van der Waals surface area contributed by atoms with Gasteiger partial charge in [0.25, 0.3) is 5.78 Å². The first kappa shape index (κ1) is 25.0. The second-order valence-electron chi connectivity index (χ2n) is 8.24. The molecule has 3 aromatic carbocycles. The lowest BCUT2D eigenvalue weighted by atomic mass is 9.95. The van der Waals surface area contributed by atoms with E-state index in [2.05, 4.69) is 20.9 Å². The molecule has 1 fully saturated rings. The van der Waals surface area contributed by atoms with Crippen LogP contribution in [0.4, 0.5) is 5.13 Å². The van der Waals surface area contributed by atoms with Crippen LogP contribution in [-0.2, 0) is 9.59 Å². The first-order chi connectivity index (χ1) is 17.9. The Labute approximate surface area is 226 Å².